The molecule has 88 valence electrons. The van der Waals surface area contributed by atoms with Gasteiger partial charge in [-0.25, -0.2) is 0 Å². The molecule has 0 spiro atoms. The molecular formula is C14H27N. The Morgan fingerprint density at radius 2 is 2.20 bits per heavy atom. The minimum absolute atomic E-state index is 0.553. The van der Waals surface area contributed by atoms with Crippen molar-refractivity contribution in [2.24, 2.45) is 28.9 Å². The third-order valence-corrected chi connectivity index (χ3v) is 5.05. The monoisotopic (exact) mass is 209 g/mol. The third-order valence-electron chi connectivity index (χ3n) is 5.05. The standard InChI is InChI=1S/C14H27N/c1-3-4-11(2)8-14(10-15)9-12-5-6-13(14)7-12/h11-13H,3-10,15H2,1-2H3. The van der Waals surface area contributed by atoms with E-state index in [2.05, 4.69) is 13.8 Å². The summed E-state index contributed by atoms with van der Waals surface area (Å²) in [6.45, 7) is 5.67. The Morgan fingerprint density at radius 3 is 2.67 bits per heavy atom. The second-order valence-corrected chi connectivity index (χ2v) is 6.24. The van der Waals surface area contributed by atoms with E-state index in [0.29, 0.717) is 5.41 Å². The van der Waals surface area contributed by atoms with E-state index in [1.54, 1.807) is 0 Å². The number of hydrogen-bond acceptors (Lipinski definition) is 1. The van der Waals surface area contributed by atoms with E-state index in [-0.39, 0.29) is 0 Å². The molecule has 0 saturated heterocycles. The van der Waals surface area contributed by atoms with Crippen LogP contribution in [0.15, 0.2) is 0 Å². The number of hydrogen-bond donors (Lipinski definition) is 1. The van der Waals surface area contributed by atoms with Gasteiger partial charge in [-0.15, -0.1) is 0 Å². The smallest absolute Gasteiger partial charge is 0.00177 e. The second kappa shape index (κ2) is 4.45. The molecular weight excluding hydrogens is 182 g/mol. The maximum atomic E-state index is 6.10. The lowest BCUT2D eigenvalue weighted by Gasteiger charge is -2.39. The molecule has 2 saturated carbocycles. The van der Waals surface area contributed by atoms with E-state index >= 15 is 0 Å². The summed E-state index contributed by atoms with van der Waals surface area (Å²) in [5.74, 6) is 2.90. The molecule has 1 nitrogen and oxygen atoms in total. The molecule has 15 heavy (non-hydrogen) atoms. The highest BCUT2D eigenvalue weighted by atomic mass is 14.7. The van der Waals surface area contributed by atoms with Gasteiger partial charge in [-0.05, 0) is 55.4 Å². The predicted octanol–water partition coefficient (Wildman–Crippen LogP) is 3.58. The quantitative estimate of drug-likeness (QED) is 0.736. The van der Waals surface area contributed by atoms with Gasteiger partial charge < -0.3 is 5.73 Å². The van der Waals surface area contributed by atoms with Crippen molar-refractivity contribution in [3.8, 4) is 0 Å². The highest BCUT2D eigenvalue weighted by Crippen LogP contribution is 2.58. The fraction of sp³-hybridized carbons (Fsp3) is 1.00. The van der Waals surface area contributed by atoms with Crippen LogP contribution in [-0.4, -0.2) is 6.54 Å². The molecule has 4 unspecified atom stereocenters. The highest BCUT2D eigenvalue weighted by molar-refractivity contribution is 5.01. The normalized spacial score (nSPS) is 41.0. The minimum Gasteiger partial charge on any atom is -0.330 e. The van der Waals surface area contributed by atoms with Crippen LogP contribution < -0.4 is 5.73 Å². The molecule has 0 radical (unpaired) electrons. The topological polar surface area (TPSA) is 26.0 Å². The van der Waals surface area contributed by atoms with Crippen molar-refractivity contribution in [1.82, 2.24) is 0 Å². The second-order valence-electron chi connectivity index (χ2n) is 6.24. The summed E-state index contributed by atoms with van der Waals surface area (Å²) in [5.41, 5.74) is 6.65. The Bertz CT molecular complexity index is 213. The van der Waals surface area contributed by atoms with Crippen molar-refractivity contribution in [3.63, 3.8) is 0 Å². The minimum atomic E-state index is 0.553. The maximum absolute atomic E-state index is 6.10. The van der Waals surface area contributed by atoms with Crippen LogP contribution >= 0.6 is 0 Å². The van der Waals surface area contributed by atoms with Crippen LogP contribution in [0.1, 0.15) is 58.8 Å². The van der Waals surface area contributed by atoms with Gasteiger partial charge in [0.1, 0.15) is 0 Å². The number of nitrogens with two attached hydrogens (primary N) is 1. The summed E-state index contributed by atoms with van der Waals surface area (Å²) in [4.78, 5) is 0. The van der Waals surface area contributed by atoms with E-state index in [4.69, 9.17) is 5.73 Å². The third kappa shape index (κ3) is 2.08. The summed E-state index contributed by atoms with van der Waals surface area (Å²) < 4.78 is 0. The van der Waals surface area contributed by atoms with Gasteiger partial charge in [0, 0.05) is 0 Å². The zero-order valence-corrected chi connectivity index (χ0v) is 10.5. The summed E-state index contributed by atoms with van der Waals surface area (Å²) >= 11 is 0. The Balaban J connectivity index is 1.97. The summed E-state index contributed by atoms with van der Waals surface area (Å²) in [6.07, 6.45) is 10.0. The first-order valence-electron chi connectivity index (χ1n) is 6.90. The largest absolute Gasteiger partial charge is 0.330 e. The number of fused-ring (bicyclic) bond motifs is 2. The zero-order chi connectivity index (χ0) is 10.9. The molecule has 2 rings (SSSR count). The highest BCUT2D eigenvalue weighted by Gasteiger charge is 2.49. The lowest BCUT2D eigenvalue weighted by Crippen LogP contribution is -2.37. The van der Waals surface area contributed by atoms with Crippen LogP contribution in [0.3, 0.4) is 0 Å². The first kappa shape index (κ1) is 11.4. The van der Waals surface area contributed by atoms with E-state index in [9.17, 15) is 0 Å². The van der Waals surface area contributed by atoms with Gasteiger partial charge in [0.15, 0.2) is 0 Å². The molecule has 2 N–H and O–H groups in total. The molecule has 0 aromatic rings. The van der Waals surface area contributed by atoms with Crippen molar-refractivity contribution in [3.05, 3.63) is 0 Å². The summed E-state index contributed by atoms with van der Waals surface area (Å²) in [5, 5.41) is 0. The average Bonchev–Trinajstić information content (AvgIpc) is 2.78. The van der Waals surface area contributed by atoms with Crippen molar-refractivity contribution in [1.29, 1.82) is 0 Å². The van der Waals surface area contributed by atoms with Crippen LogP contribution in [0.2, 0.25) is 0 Å². The van der Waals surface area contributed by atoms with Crippen LogP contribution in [0.25, 0.3) is 0 Å². The summed E-state index contributed by atoms with van der Waals surface area (Å²) in [6, 6.07) is 0. The Kier molecular flexibility index (Phi) is 3.39. The molecule has 2 aliphatic rings. The molecule has 0 aliphatic heterocycles. The molecule has 4 atom stereocenters. The Hall–Kier alpha value is -0.0400. The van der Waals surface area contributed by atoms with Crippen molar-refractivity contribution >= 4 is 0 Å². The van der Waals surface area contributed by atoms with E-state index in [1.165, 1.54) is 44.9 Å². The van der Waals surface area contributed by atoms with E-state index in [1.807, 2.05) is 0 Å². The van der Waals surface area contributed by atoms with Crippen molar-refractivity contribution < 1.29 is 0 Å². The zero-order valence-electron chi connectivity index (χ0n) is 10.5. The molecule has 0 aromatic carbocycles. The molecule has 1 heteroatoms. The van der Waals surface area contributed by atoms with Crippen LogP contribution in [0.5, 0.6) is 0 Å². The van der Waals surface area contributed by atoms with Gasteiger partial charge >= 0.3 is 0 Å². The van der Waals surface area contributed by atoms with Gasteiger partial charge in [0.05, 0.1) is 0 Å². The van der Waals surface area contributed by atoms with Crippen molar-refractivity contribution in [2.45, 2.75) is 58.8 Å². The van der Waals surface area contributed by atoms with Crippen molar-refractivity contribution in [2.75, 3.05) is 6.54 Å². The van der Waals surface area contributed by atoms with Gasteiger partial charge in [-0.3, -0.25) is 0 Å². The predicted molar refractivity (Wildman–Crippen MR) is 65.6 cm³/mol. The van der Waals surface area contributed by atoms with Crippen LogP contribution in [0, 0.1) is 23.2 Å². The van der Waals surface area contributed by atoms with Crippen LogP contribution in [0.4, 0.5) is 0 Å². The first-order valence-corrected chi connectivity index (χ1v) is 6.90. The molecule has 0 heterocycles. The molecule has 2 fully saturated rings. The van der Waals surface area contributed by atoms with E-state index < -0.39 is 0 Å². The SMILES string of the molecule is CCCC(C)CC1(CN)CC2CCC1C2. The lowest BCUT2D eigenvalue weighted by atomic mass is 9.68. The number of rotatable bonds is 5. The molecule has 2 bridgehead atoms. The summed E-state index contributed by atoms with van der Waals surface area (Å²) in [7, 11) is 0. The molecule has 0 amide bonds. The first-order chi connectivity index (χ1) is 7.20. The Labute approximate surface area is 94.8 Å². The van der Waals surface area contributed by atoms with Gasteiger partial charge in [-0.2, -0.15) is 0 Å². The fourth-order valence-electron chi connectivity index (χ4n) is 4.43. The van der Waals surface area contributed by atoms with Gasteiger partial charge in [-0.1, -0.05) is 33.1 Å². The molecule has 2 aliphatic carbocycles. The molecule has 0 aromatic heterocycles. The lowest BCUT2D eigenvalue weighted by molar-refractivity contribution is 0.129. The van der Waals surface area contributed by atoms with Gasteiger partial charge in [0.25, 0.3) is 0 Å². The van der Waals surface area contributed by atoms with Crippen LogP contribution in [-0.2, 0) is 0 Å². The van der Waals surface area contributed by atoms with Gasteiger partial charge in [0.2, 0.25) is 0 Å². The van der Waals surface area contributed by atoms with E-state index in [0.717, 1.165) is 24.3 Å². The maximum Gasteiger partial charge on any atom is -0.00177 e. The fourth-order valence-corrected chi connectivity index (χ4v) is 4.43. The average molecular weight is 209 g/mol. The Morgan fingerprint density at radius 1 is 1.40 bits per heavy atom.